The molecule has 0 heterocycles. The van der Waals surface area contributed by atoms with Gasteiger partial charge in [-0.15, -0.1) is 0 Å². The maximum absolute atomic E-state index is 11.0. The Morgan fingerprint density at radius 3 is 2.55 bits per heavy atom. The second kappa shape index (κ2) is 6.73. The van der Waals surface area contributed by atoms with Gasteiger partial charge in [0.2, 0.25) is 0 Å². The van der Waals surface area contributed by atoms with Gasteiger partial charge in [-0.1, -0.05) is 32.1 Å². The Hall–Kier alpha value is -1.58. The maximum Gasteiger partial charge on any atom is 0.274 e. The van der Waals surface area contributed by atoms with Gasteiger partial charge in [0.25, 0.3) is 5.69 Å². The van der Waals surface area contributed by atoms with Crippen molar-refractivity contribution in [3.63, 3.8) is 0 Å². The lowest BCUT2D eigenvalue weighted by atomic mass is 9.87. The summed E-state index contributed by atoms with van der Waals surface area (Å²) in [7, 11) is 0. The van der Waals surface area contributed by atoms with E-state index in [1.165, 1.54) is 38.5 Å². The van der Waals surface area contributed by atoms with Crippen molar-refractivity contribution in [3.05, 3.63) is 33.4 Å². The molecule has 0 bridgehead atoms. The SMILES string of the molecule is Cc1cc(C)c([N+](=O)[O-])cc1NCCC1CCCCC1. The lowest BCUT2D eigenvalue weighted by molar-refractivity contribution is -0.385. The zero-order valence-corrected chi connectivity index (χ0v) is 12.4. The average molecular weight is 276 g/mol. The number of aryl methyl sites for hydroxylation is 2. The molecule has 1 fully saturated rings. The van der Waals surface area contributed by atoms with E-state index in [1.807, 2.05) is 13.0 Å². The molecule has 110 valence electrons. The minimum Gasteiger partial charge on any atom is -0.385 e. The molecule has 0 unspecified atom stereocenters. The van der Waals surface area contributed by atoms with Crippen molar-refractivity contribution in [1.82, 2.24) is 0 Å². The highest BCUT2D eigenvalue weighted by Crippen LogP contribution is 2.28. The summed E-state index contributed by atoms with van der Waals surface area (Å²) in [5.41, 5.74) is 2.91. The summed E-state index contributed by atoms with van der Waals surface area (Å²) in [5, 5.41) is 14.4. The molecule has 20 heavy (non-hydrogen) atoms. The number of rotatable bonds is 5. The first kappa shape index (κ1) is 14.8. The normalized spacial score (nSPS) is 16.1. The van der Waals surface area contributed by atoms with Crippen LogP contribution in [0.25, 0.3) is 0 Å². The third kappa shape index (κ3) is 3.71. The third-order valence-corrected chi connectivity index (χ3v) is 4.33. The van der Waals surface area contributed by atoms with E-state index in [1.54, 1.807) is 13.0 Å². The second-order valence-electron chi connectivity index (χ2n) is 5.93. The number of hydrogen-bond acceptors (Lipinski definition) is 3. The Kier molecular flexibility index (Phi) is 4.99. The Balaban J connectivity index is 1.94. The number of anilines is 1. The molecule has 0 aromatic heterocycles. The van der Waals surface area contributed by atoms with E-state index in [2.05, 4.69) is 5.32 Å². The van der Waals surface area contributed by atoms with Crippen molar-refractivity contribution < 1.29 is 4.92 Å². The molecular formula is C16H24N2O2. The quantitative estimate of drug-likeness (QED) is 0.632. The second-order valence-corrected chi connectivity index (χ2v) is 5.93. The van der Waals surface area contributed by atoms with Crippen molar-refractivity contribution in [2.45, 2.75) is 52.4 Å². The van der Waals surface area contributed by atoms with Crippen LogP contribution in [0.4, 0.5) is 11.4 Å². The molecule has 0 radical (unpaired) electrons. The fourth-order valence-electron chi connectivity index (χ4n) is 3.11. The van der Waals surface area contributed by atoms with Gasteiger partial charge in [0, 0.05) is 23.9 Å². The van der Waals surface area contributed by atoms with Gasteiger partial charge in [0.1, 0.15) is 0 Å². The minimum atomic E-state index is -0.304. The topological polar surface area (TPSA) is 55.2 Å². The highest BCUT2D eigenvalue weighted by molar-refractivity contribution is 5.60. The Morgan fingerprint density at radius 1 is 1.20 bits per heavy atom. The molecule has 4 heteroatoms. The predicted octanol–water partition coefficient (Wildman–Crippen LogP) is 4.59. The van der Waals surface area contributed by atoms with Crippen LogP contribution in [0.1, 0.15) is 49.7 Å². The van der Waals surface area contributed by atoms with Crippen molar-refractivity contribution in [2.24, 2.45) is 5.92 Å². The van der Waals surface area contributed by atoms with Crippen molar-refractivity contribution in [3.8, 4) is 0 Å². The van der Waals surface area contributed by atoms with Crippen LogP contribution in [0, 0.1) is 29.9 Å². The number of nitrogens with zero attached hydrogens (tertiary/aromatic N) is 1. The van der Waals surface area contributed by atoms with E-state index >= 15 is 0 Å². The molecule has 1 aliphatic rings. The largest absolute Gasteiger partial charge is 0.385 e. The van der Waals surface area contributed by atoms with Crippen LogP contribution in [0.5, 0.6) is 0 Å². The number of hydrogen-bond donors (Lipinski definition) is 1. The molecule has 1 N–H and O–H groups in total. The van der Waals surface area contributed by atoms with Gasteiger partial charge in [-0.3, -0.25) is 10.1 Å². The summed E-state index contributed by atoms with van der Waals surface area (Å²) >= 11 is 0. The van der Waals surface area contributed by atoms with Crippen molar-refractivity contribution >= 4 is 11.4 Å². The molecule has 0 aliphatic heterocycles. The van der Waals surface area contributed by atoms with E-state index in [-0.39, 0.29) is 10.6 Å². The summed E-state index contributed by atoms with van der Waals surface area (Å²) in [4.78, 5) is 10.7. The lowest BCUT2D eigenvalue weighted by Crippen LogP contribution is -2.12. The molecule has 1 aliphatic carbocycles. The summed E-state index contributed by atoms with van der Waals surface area (Å²) in [6, 6.07) is 3.56. The molecule has 1 saturated carbocycles. The fraction of sp³-hybridized carbons (Fsp3) is 0.625. The van der Waals surface area contributed by atoms with E-state index in [4.69, 9.17) is 0 Å². The van der Waals surface area contributed by atoms with E-state index < -0.39 is 0 Å². The lowest BCUT2D eigenvalue weighted by Gasteiger charge is -2.22. The van der Waals surface area contributed by atoms with Gasteiger partial charge in [0.15, 0.2) is 0 Å². The van der Waals surface area contributed by atoms with Crippen molar-refractivity contribution in [2.75, 3.05) is 11.9 Å². The van der Waals surface area contributed by atoms with Crippen LogP contribution in [0.15, 0.2) is 12.1 Å². The van der Waals surface area contributed by atoms with Crippen LogP contribution in [0.2, 0.25) is 0 Å². The fourth-order valence-corrected chi connectivity index (χ4v) is 3.11. The summed E-state index contributed by atoms with van der Waals surface area (Å²) in [5.74, 6) is 0.831. The van der Waals surface area contributed by atoms with Crippen LogP contribution >= 0.6 is 0 Å². The number of nitrogens with one attached hydrogen (secondary N) is 1. The monoisotopic (exact) mass is 276 g/mol. The molecule has 0 spiro atoms. The Labute approximate surface area is 120 Å². The molecule has 0 atom stereocenters. The molecule has 1 aromatic carbocycles. The van der Waals surface area contributed by atoms with Gasteiger partial charge in [-0.2, -0.15) is 0 Å². The van der Waals surface area contributed by atoms with Crippen molar-refractivity contribution in [1.29, 1.82) is 0 Å². The molecule has 2 rings (SSSR count). The highest BCUT2D eigenvalue weighted by Gasteiger charge is 2.15. The third-order valence-electron chi connectivity index (χ3n) is 4.33. The van der Waals surface area contributed by atoms with Gasteiger partial charge >= 0.3 is 0 Å². The van der Waals surface area contributed by atoms with Gasteiger partial charge in [-0.05, 0) is 37.8 Å². The van der Waals surface area contributed by atoms with E-state index in [9.17, 15) is 10.1 Å². The highest BCUT2D eigenvalue weighted by atomic mass is 16.6. The van der Waals surface area contributed by atoms with Crippen LogP contribution in [0.3, 0.4) is 0 Å². The smallest absolute Gasteiger partial charge is 0.274 e. The van der Waals surface area contributed by atoms with E-state index in [0.29, 0.717) is 0 Å². The van der Waals surface area contributed by atoms with Gasteiger partial charge in [0.05, 0.1) is 4.92 Å². The Bertz CT molecular complexity index is 480. The molecule has 1 aromatic rings. The zero-order valence-electron chi connectivity index (χ0n) is 12.4. The van der Waals surface area contributed by atoms with Gasteiger partial charge in [-0.25, -0.2) is 0 Å². The summed E-state index contributed by atoms with van der Waals surface area (Å²) in [6.45, 7) is 4.70. The summed E-state index contributed by atoms with van der Waals surface area (Å²) in [6.07, 6.45) is 7.96. The number of benzene rings is 1. The first-order valence-electron chi connectivity index (χ1n) is 7.57. The first-order chi connectivity index (χ1) is 9.58. The molecule has 0 saturated heterocycles. The van der Waals surface area contributed by atoms with Gasteiger partial charge < -0.3 is 5.32 Å². The number of nitro benzene ring substituents is 1. The van der Waals surface area contributed by atoms with E-state index in [0.717, 1.165) is 29.3 Å². The predicted molar refractivity (Wildman–Crippen MR) is 82.3 cm³/mol. The van der Waals surface area contributed by atoms with Crippen LogP contribution in [-0.4, -0.2) is 11.5 Å². The minimum absolute atomic E-state index is 0.204. The molecule has 0 amide bonds. The Morgan fingerprint density at radius 2 is 1.90 bits per heavy atom. The average Bonchev–Trinajstić information content (AvgIpc) is 2.42. The maximum atomic E-state index is 11.0. The standard InChI is InChI=1S/C16H24N2O2/c1-12-10-13(2)16(18(19)20)11-15(12)17-9-8-14-6-4-3-5-7-14/h10-11,14,17H,3-9H2,1-2H3. The molecular weight excluding hydrogens is 252 g/mol. The number of nitro groups is 1. The molecule has 4 nitrogen and oxygen atoms in total. The van der Waals surface area contributed by atoms with Crippen LogP contribution < -0.4 is 5.32 Å². The first-order valence-corrected chi connectivity index (χ1v) is 7.57. The van der Waals surface area contributed by atoms with Crippen LogP contribution in [-0.2, 0) is 0 Å². The zero-order chi connectivity index (χ0) is 14.5. The summed E-state index contributed by atoms with van der Waals surface area (Å²) < 4.78 is 0.